The summed E-state index contributed by atoms with van der Waals surface area (Å²) in [7, 11) is 0. The van der Waals surface area contributed by atoms with Gasteiger partial charge in [-0.1, -0.05) is 40.7 Å². The number of hydrogen-bond donors (Lipinski definition) is 1. The van der Waals surface area contributed by atoms with Gasteiger partial charge in [-0.3, -0.25) is 0 Å². The van der Waals surface area contributed by atoms with Crippen molar-refractivity contribution >= 4 is 45.2 Å². The zero-order chi connectivity index (χ0) is 13.8. The van der Waals surface area contributed by atoms with Crippen LogP contribution in [0.25, 0.3) is 0 Å². The summed E-state index contributed by atoms with van der Waals surface area (Å²) in [5, 5.41) is 8.90. The van der Waals surface area contributed by atoms with Crippen LogP contribution in [0.4, 0.5) is 0 Å². The van der Waals surface area contributed by atoms with Crippen LogP contribution in [0.1, 0.15) is 28.7 Å². The van der Waals surface area contributed by atoms with Gasteiger partial charge in [0.1, 0.15) is 5.82 Å². The topological polar surface area (TPSA) is 63.1 Å². The minimum absolute atomic E-state index is 0.282. The Morgan fingerprint density at radius 2 is 2.32 bits per heavy atom. The van der Waals surface area contributed by atoms with E-state index in [0.29, 0.717) is 0 Å². The summed E-state index contributed by atoms with van der Waals surface area (Å²) in [6.07, 6.45) is 0.841. The number of aromatic nitrogens is 2. The largest absolute Gasteiger partial charge is 0.478 e. The molecule has 0 spiro atoms. The van der Waals surface area contributed by atoms with Crippen molar-refractivity contribution in [3.05, 3.63) is 39.6 Å². The van der Waals surface area contributed by atoms with E-state index in [-0.39, 0.29) is 5.56 Å². The van der Waals surface area contributed by atoms with Gasteiger partial charge in [-0.05, 0) is 29.2 Å². The maximum Gasteiger partial charge on any atom is 0.335 e. The van der Waals surface area contributed by atoms with Crippen molar-refractivity contribution in [2.45, 2.75) is 23.4 Å². The summed E-state index contributed by atoms with van der Waals surface area (Å²) in [6.45, 7) is 2.03. The van der Waals surface area contributed by atoms with E-state index < -0.39 is 5.97 Å². The second kappa shape index (κ2) is 6.49. The molecule has 4 nitrogen and oxygen atoms in total. The first kappa shape index (κ1) is 14.5. The molecule has 1 N–H and O–H groups in total. The molecule has 0 bridgehead atoms. The van der Waals surface area contributed by atoms with Gasteiger partial charge in [-0.15, -0.1) is 0 Å². The van der Waals surface area contributed by atoms with Crippen molar-refractivity contribution in [3.63, 3.8) is 0 Å². The molecule has 2 aromatic rings. The number of halogens is 1. The van der Waals surface area contributed by atoms with Gasteiger partial charge in [0, 0.05) is 16.6 Å². The first-order valence-electron chi connectivity index (χ1n) is 5.57. The number of carboxylic acids is 1. The van der Waals surface area contributed by atoms with Gasteiger partial charge in [0.05, 0.1) is 5.56 Å². The Morgan fingerprint density at radius 3 is 2.89 bits per heavy atom. The molecule has 0 atom stereocenters. The summed E-state index contributed by atoms with van der Waals surface area (Å²) in [5.41, 5.74) is 1.33. The molecule has 0 aliphatic heterocycles. The molecule has 0 unspecified atom stereocenters. The van der Waals surface area contributed by atoms with Gasteiger partial charge in [-0.25, -0.2) is 9.78 Å². The third kappa shape index (κ3) is 3.77. The number of nitrogens with zero attached hydrogens (tertiary/aromatic N) is 2. The molecule has 19 heavy (non-hydrogen) atoms. The predicted molar refractivity (Wildman–Crippen MR) is 79.9 cm³/mol. The molecule has 1 aromatic carbocycles. The Kier molecular flexibility index (Phi) is 4.95. The van der Waals surface area contributed by atoms with E-state index in [2.05, 4.69) is 25.3 Å². The average molecular weight is 359 g/mol. The van der Waals surface area contributed by atoms with Crippen LogP contribution in [0.2, 0.25) is 0 Å². The fraction of sp³-hybridized carbons (Fsp3) is 0.250. The zero-order valence-electron chi connectivity index (χ0n) is 10.1. The molecular formula is C12H11BrN2O2S2. The third-order valence-electron chi connectivity index (χ3n) is 2.42. The van der Waals surface area contributed by atoms with Crippen LogP contribution in [0, 0.1) is 0 Å². The first-order chi connectivity index (χ1) is 9.10. The van der Waals surface area contributed by atoms with Crippen LogP contribution < -0.4 is 0 Å². The normalized spacial score (nSPS) is 10.6. The summed E-state index contributed by atoms with van der Waals surface area (Å²) >= 11 is 6.40. The molecule has 0 saturated carbocycles. The lowest BCUT2D eigenvalue weighted by molar-refractivity contribution is 0.0697. The van der Waals surface area contributed by atoms with Gasteiger partial charge in [0.25, 0.3) is 0 Å². The van der Waals surface area contributed by atoms with E-state index in [0.717, 1.165) is 32.4 Å². The van der Waals surface area contributed by atoms with E-state index >= 15 is 0 Å². The number of aromatic carboxylic acids is 1. The molecule has 1 heterocycles. The summed E-state index contributed by atoms with van der Waals surface area (Å²) in [6, 6.07) is 5.05. The van der Waals surface area contributed by atoms with Gasteiger partial charge in [0.15, 0.2) is 4.34 Å². The Hall–Kier alpha value is -0.920. The van der Waals surface area contributed by atoms with Gasteiger partial charge in [0.2, 0.25) is 0 Å². The molecule has 0 saturated heterocycles. The molecule has 7 heteroatoms. The van der Waals surface area contributed by atoms with E-state index in [1.807, 2.05) is 13.0 Å². The number of carboxylic acid groups (broad SMARTS) is 1. The van der Waals surface area contributed by atoms with E-state index in [1.54, 1.807) is 23.9 Å². The molecule has 2 rings (SSSR count). The second-order valence-electron chi connectivity index (χ2n) is 3.73. The lowest BCUT2D eigenvalue weighted by Gasteiger charge is -2.03. The van der Waals surface area contributed by atoms with Crippen LogP contribution in [0.5, 0.6) is 0 Å². The lowest BCUT2D eigenvalue weighted by Crippen LogP contribution is -1.96. The molecule has 100 valence electrons. The number of rotatable bonds is 5. The van der Waals surface area contributed by atoms with Crippen LogP contribution in [-0.2, 0) is 12.2 Å². The summed E-state index contributed by atoms with van der Waals surface area (Å²) in [4.78, 5) is 15.2. The summed E-state index contributed by atoms with van der Waals surface area (Å²) in [5.74, 6) is 0.683. The highest BCUT2D eigenvalue weighted by Gasteiger charge is 2.09. The van der Waals surface area contributed by atoms with E-state index in [9.17, 15) is 4.79 Å². The Morgan fingerprint density at radius 1 is 1.53 bits per heavy atom. The van der Waals surface area contributed by atoms with Gasteiger partial charge in [-0.2, -0.15) is 4.37 Å². The predicted octanol–water partition coefficient (Wildman–Crippen LogP) is 3.85. The quantitative estimate of drug-likeness (QED) is 0.822. The smallest absolute Gasteiger partial charge is 0.335 e. The highest BCUT2D eigenvalue weighted by atomic mass is 79.9. The van der Waals surface area contributed by atoms with E-state index in [4.69, 9.17) is 5.11 Å². The molecule has 0 amide bonds. The highest BCUT2D eigenvalue weighted by Crippen LogP contribution is 2.28. The fourth-order valence-corrected chi connectivity index (χ4v) is 3.78. The fourth-order valence-electron chi connectivity index (χ4n) is 1.38. The van der Waals surface area contributed by atoms with Crippen molar-refractivity contribution in [1.82, 2.24) is 9.36 Å². The number of hydrogen-bond acceptors (Lipinski definition) is 5. The number of carbonyl (C=O) groups is 1. The molecule has 0 aliphatic carbocycles. The van der Waals surface area contributed by atoms with Crippen LogP contribution in [-0.4, -0.2) is 20.4 Å². The average Bonchev–Trinajstić information content (AvgIpc) is 2.85. The lowest BCUT2D eigenvalue weighted by atomic mass is 10.1. The second-order valence-corrected chi connectivity index (χ2v) is 6.56. The molecule has 0 aliphatic rings. The maximum atomic E-state index is 10.8. The van der Waals surface area contributed by atoms with Crippen molar-refractivity contribution in [2.24, 2.45) is 0 Å². The SMILES string of the molecule is CCc1nsc(SCc2ccc(C(=O)O)cc2Br)n1. The zero-order valence-corrected chi connectivity index (χ0v) is 13.3. The molecule has 0 fully saturated rings. The highest BCUT2D eigenvalue weighted by molar-refractivity contribution is 9.10. The Balaban J connectivity index is 2.05. The van der Waals surface area contributed by atoms with Gasteiger partial charge >= 0.3 is 5.97 Å². The number of thioether (sulfide) groups is 1. The van der Waals surface area contributed by atoms with Crippen molar-refractivity contribution < 1.29 is 9.90 Å². The van der Waals surface area contributed by atoms with E-state index in [1.165, 1.54) is 11.5 Å². The minimum atomic E-state index is -0.920. The standard InChI is InChI=1S/C12H11BrN2O2S2/c1-2-10-14-12(19-15-10)18-6-8-4-3-7(11(16)17)5-9(8)13/h3-5H,2,6H2,1H3,(H,16,17). The van der Waals surface area contributed by atoms with Gasteiger partial charge < -0.3 is 5.11 Å². The monoisotopic (exact) mass is 358 g/mol. The summed E-state index contributed by atoms with van der Waals surface area (Å²) < 4.78 is 5.97. The van der Waals surface area contributed by atoms with Crippen molar-refractivity contribution in [3.8, 4) is 0 Å². The van der Waals surface area contributed by atoms with Crippen LogP contribution >= 0.6 is 39.2 Å². The maximum absolute atomic E-state index is 10.8. The Bertz CT molecular complexity index is 601. The third-order valence-corrected chi connectivity index (χ3v) is 5.08. The minimum Gasteiger partial charge on any atom is -0.478 e. The van der Waals surface area contributed by atoms with Crippen LogP contribution in [0.15, 0.2) is 27.0 Å². The molecular weight excluding hydrogens is 348 g/mol. The molecule has 1 aromatic heterocycles. The number of benzene rings is 1. The van der Waals surface area contributed by atoms with Crippen molar-refractivity contribution in [2.75, 3.05) is 0 Å². The van der Waals surface area contributed by atoms with Crippen LogP contribution in [0.3, 0.4) is 0 Å². The molecule has 0 radical (unpaired) electrons. The Labute approximate surface area is 127 Å². The number of aryl methyl sites for hydroxylation is 1. The van der Waals surface area contributed by atoms with Crippen molar-refractivity contribution in [1.29, 1.82) is 0 Å². The first-order valence-corrected chi connectivity index (χ1v) is 8.12.